The van der Waals surface area contributed by atoms with Crippen molar-refractivity contribution in [1.82, 2.24) is 34.3 Å². The molecule has 2 amide bonds. The number of likely N-dealkylation sites (N-methyl/N-ethyl adjacent to an activating group) is 1. The van der Waals surface area contributed by atoms with Crippen LogP contribution in [0.1, 0.15) is 50.4 Å². The minimum Gasteiger partial charge on any atom is -0.465 e. The van der Waals surface area contributed by atoms with Gasteiger partial charge in [-0.1, -0.05) is 19.9 Å². The van der Waals surface area contributed by atoms with Crippen LogP contribution in [0.15, 0.2) is 18.3 Å². The maximum atomic E-state index is 12.6. The molecular formula is C25H38N8O3. The fourth-order valence-corrected chi connectivity index (χ4v) is 5.27. The molecule has 0 spiro atoms. The van der Waals surface area contributed by atoms with Crippen molar-refractivity contribution >= 4 is 23.6 Å². The summed E-state index contributed by atoms with van der Waals surface area (Å²) < 4.78 is 1.75. The molecule has 11 nitrogen and oxygen atoms in total. The smallest absolute Gasteiger partial charge is 0.407 e. The van der Waals surface area contributed by atoms with Crippen LogP contribution in [0.2, 0.25) is 0 Å². The Morgan fingerprint density at radius 3 is 2.72 bits per heavy atom. The lowest BCUT2D eigenvalue weighted by atomic mass is 9.87. The largest absolute Gasteiger partial charge is 0.465 e. The number of nitrogens with zero attached hydrogens (tertiary/aromatic N) is 7. The number of fused-ring (bicyclic) bond motifs is 1. The van der Waals surface area contributed by atoms with Gasteiger partial charge in [-0.05, 0) is 52.1 Å². The Hall–Kier alpha value is -3.21. The molecule has 0 aromatic carbocycles. The lowest BCUT2D eigenvalue weighted by molar-refractivity contribution is -0.125. The number of hydrogen-bond donors (Lipinski definition) is 2. The standard InChI is InChI=1S/C25H38N8O3/c1-16(2)20-14-26-33-23(20)27-17(3)28-24(33)29-19-9-12-32(25(35)36)21(13-19)18-8-11-31(15-18)22(34)7-6-10-30(4)5/h6-7,14,16,18-19,21H,8-13,15H2,1-5H3,(H,35,36)(H,27,28,29)/b7-6+. The summed E-state index contributed by atoms with van der Waals surface area (Å²) in [6.45, 7) is 8.46. The first kappa shape index (κ1) is 25.9. The first-order chi connectivity index (χ1) is 17.1. The van der Waals surface area contributed by atoms with Gasteiger partial charge in [0.2, 0.25) is 11.9 Å². The van der Waals surface area contributed by atoms with Gasteiger partial charge < -0.3 is 25.1 Å². The van der Waals surface area contributed by atoms with Gasteiger partial charge in [0.1, 0.15) is 5.82 Å². The van der Waals surface area contributed by atoms with Crippen LogP contribution < -0.4 is 5.32 Å². The quantitative estimate of drug-likeness (QED) is 0.559. The van der Waals surface area contributed by atoms with E-state index in [1.807, 2.05) is 43.1 Å². The molecule has 2 fully saturated rings. The van der Waals surface area contributed by atoms with Crippen molar-refractivity contribution in [3.63, 3.8) is 0 Å². The van der Waals surface area contributed by atoms with E-state index in [1.54, 1.807) is 15.5 Å². The summed E-state index contributed by atoms with van der Waals surface area (Å²) in [5.74, 6) is 1.68. The van der Waals surface area contributed by atoms with Crippen LogP contribution >= 0.6 is 0 Å². The molecule has 36 heavy (non-hydrogen) atoms. The molecule has 4 rings (SSSR count). The highest BCUT2D eigenvalue weighted by atomic mass is 16.4. The van der Waals surface area contributed by atoms with Crippen LogP contribution in [0.5, 0.6) is 0 Å². The zero-order valence-corrected chi connectivity index (χ0v) is 21.9. The molecule has 3 unspecified atom stereocenters. The number of carbonyl (C=O) groups excluding carboxylic acids is 1. The Morgan fingerprint density at radius 2 is 2.03 bits per heavy atom. The summed E-state index contributed by atoms with van der Waals surface area (Å²) >= 11 is 0. The van der Waals surface area contributed by atoms with E-state index in [1.165, 1.54) is 0 Å². The first-order valence-electron chi connectivity index (χ1n) is 12.7. The zero-order valence-electron chi connectivity index (χ0n) is 21.9. The second-order valence-corrected chi connectivity index (χ2v) is 10.5. The van der Waals surface area contributed by atoms with Gasteiger partial charge in [0.25, 0.3) is 0 Å². The van der Waals surface area contributed by atoms with Crippen LogP contribution in [-0.2, 0) is 4.79 Å². The van der Waals surface area contributed by atoms with E-state index >= 15 is 0 Å². The van der Waals surface area contributed by atoms with Gasteiger partial charge in [-0.2, -0.15) is 14.6 Å². The molecule has 0 radical (unpaired) electrons. The monoisotopic (exact) mass is 498 g/mol. The van der Waals surface area contributed by atoms with Crippen molar-refractivity contribution in [2.45, 2.75) is 58.0 Å². The number of aryl methyl sites for hydroxylation is 1. The topological polar surface area (TPSA) is 119 Å². The maximum Gasteiger partial charge on any atom is 0.407 e. The Balaban J connectivity index is 1.48. The van der Waals surface area contributed by atoms with Crippen molar-refractivity contribution in [2.75, 3.05) is 45.6 Å². The van der Waals surface area contributed by atoms with E-state index in [2.05, 4.69) is 34.2 Å². The molecule has 3 atom stereocenters. The summed E-state index contributed by atoms with van der Waals surface area (Å²) in [6, 6.07) is -0.126. The highest BCUT2D eigenvalue weighted by molar-refractivity contribution is 5.87. The number of carboxylic acid groups (broad SMARTS) is 1. The summed E-state index contributed by atoms with van der Waals surface area (Å²) in [4.78, 5) is 39.3. The number of amides is 2. The molecule has 2 aliphatic rings. The summed E-state index contributed by atoms with van der Waals surface area (Å²) in [5, 5.41) is 18.0. The molecule has 4 heterocycles. The predicted molar refractivity (Wildman–Crippen MR) is 137 cm³/mol. The highest BCUT2D eigenvalue weighted by Gasteiger charge is 2.40. The van der Waals surface area contributed by atoms with E-state index in [9.17, 15) is 14.7 Å². The van der Waals surface area contributed by atoms with Crippen molar-refractivity contribution in [3.8, 4) is 0 Å². The van der Waals surface area contributed by atoms with E-state index in [0.717, 1.165) is 17.6 Å². The molecule has 0 bridgehead atoms. The number of likely N-dealkylation sites (tertiary alicyclic amines) is 2. The second kappa shape index (κ2) is 10.8. The highest BCUT2D eigenvalue weighted by Crippen LogP contribution is 2.32. The van der Waals surface area contributed by atoms with Gasteiger partial charge >= 0.3 is 6.09 Å². The second-order valence-electron chi connectivity index (χ2n) is 10.5. The molecule has 2 aromatic heterocycles. The number of anilines is 1. The van der Waals surface area contributed by atoms with E-state index < -0.39 is 6.09 Å². The Bertz CT molecular complexity index is 1130. The Kier molecular flexibility index (Phi) is 7.77. The number of carbonyl (C=O) groups is 2. The number of hydrogen-bond acceptors (Lipinski definition) is 7. The van der Waals surface area contributed by atoms with Crippen molar-refractivity contribution in [1.29, 1.82) is 0 Å². The fraction of sp³-hybridized carbons (Fsp3) is 0.640. The van der Waals surface area contributed by atoms with Gasteiger partial charge in [0, 0.05) is 49.9 Å². The average Bonchev–Trinajstić information content (AvgIpc) is 3.46. The number of rotatable bonds is 7. The van der Waals surface area contributed by atoms with Crippen LogP contribution in [0.25, 0.3) is 5.65 Å². The minimum absolute atomic E-state index is 0.00907. The van der Waals surface area contributed by atoms with Gasteiger partial charge in [-0.3, -0.25) is 4.79 Å². The molecular weight excluding hydrogens is 460 g/mol. The molecule has 2 aromatic rings. The minimum atomic E-state index is -0.900. The number of nitrogens with one attached hydrogen (secondary N) is 1. The number of piperidine rings is 1. The van der Waals surface area contributed by atoms with E-state index in [0.29, 0.717) is 56.7 Å². The molecule has 196 valence electrons. The normalized spacial score (nSPS) is 22.9. The van der Waals surface area contributed by atoms with Crippen LogP contribution in [0.3, 0.4) is 0 Å². The van der Waals surface area contributed by atoms with Gasteiger partial charge in [0.15, 0.2) is 5.65 Å². The predicted octanol–water partition coefficient (Wildman–Crippen LogP) is 2.45. The van der Waals surface area contributed by atoms with E-state index in [-0.39, 0.29) is 23.9 Å². The SMILES string of the molecule is Cc1nc(NC2CCN(C(=O)O)C(C3CCN(C(=O)/C=C/CN(C)C)C3)C2)n2ncc(C(C)C)c2n1. The lowest BCUT2D eigenvalue weighted by Crippen LogP contribution is -2.52. The van der Waals surface area contributed by atoms with Crippen LogP contribution in [-0.4, -0.2) is 104 Å². The third-order valence-electron chi connectivity index (χ3n) is 7.16. The third kappa shape index (κ3) is 5.61. The first-order valence-corrected chi connectivity index (χ1v) is 12.7. The van der Waals surface area contributed by atoms with Crippen molar-refractivity contribution in [2.24, 2.45) is 5.92 Å². The summed E-state index contributed by atoms with van der Waals surface area (Å²) in [7, 11) is 3.91. The molecule has 11 heteroatoms. The zero-order chi connectivity index (χ0) is 26.0. The Labute approximate surface area is 212 Å². The fourth-order valence-electron chi connectivity index (χ4n) is 5.27. The number of aromatic nitrogens is 4. The molecule has 0 aliphatic carbocycles. The van der Waals surface area contributed by atoms with Crippen LogP contribution in [0.4, 0.5) is 10.7 Å². The molecule has 0 saturated carbocycles. The third-order valence-corrected chi connectivity index (χ3v) is 7.16. The van der Waals surface area contributed by atoms with Crippen molar-refractivity contribution in [3.05, 3.63) is 29.7 Å². The Morgan fingerprint density at radius 1 is 1.25 bits per heavy atom. The summed E-state index contributed by atoms with van der Waals surface area (Å²) in [5.41, 5.74) is 1.87. The molecule has 2 aliphatic heterocycles. The lowest BCUT2D eigenvalue weighted by Gasteiger charge is -2.41. The van der Waals surface area contributed by atoms with E-state index in [4.69, 9.17) is 0 Å². The molecule has 2 N–H and O–H groups in total. The van der Waals surface area contributed by atoms with Gasteiger partial charge in [0.05, 0.1) is 6.20 Å². The van der Waals surface area contributed by atoms with Crippen LogP contribution in [0, 0.1) is 12.8 Å². The van der Waals surface area contributed by atoms with Crippen molar-refractivity contribution < 1.29 is 14.7 Å². The maximum absolute atomic E-state index is 12.6. The van der Waals surface area contributed by atoms with Gasteiger partial charge in [-0.15, -0.1) is 0 Å². The summed E-state index contributed by atoms with van der Waals surface area (Å²) in [6.07, 6.45) is 6.55. The van der Waals surface area contributed by atoms with Gasteiger partial charge in [-0.25, -0.2) is 9.78 Å². The molecule has 2 saturated heterocycles. The average molecular weight is 499 g/mol.